The highest BCUT2D eigenvalue weighted by atomic mass is 16.5. The highest BCUT2D eigenvalue weighted by Gasteiger charge is 2.36. The first-order valence-electron chi connectivity index (χ1n) is 7.35. The molecule has 2 unspecified atom stereocenters. The van der Waals surface area contributed by atoms with Gasteiger partial charge in [-0.3, -0.25) is 4.90 Å². The van der Waals surface area contributed by atoms with Gasteiger partial charge in [-0.2, -0.15) is 0 Å². The minimum absolute atomic E-state index is 0.137. The molecule has 98 valence electrons. The van der Waals surface area contributed by atoms with Gasteiger partial charge in [0.1, 0.15) is 0 Å². The Labute approximate surface area is 105 Å². The van der Waals surface area contributed by atoms with Crippen molar-refractivity contribution < 1.29 is 4.74 Å². The Bertz CT molecular complexity index is 259. The molecule has 17 heavy (non-hydrogen) atoms. The summed E-state index contributed by atoms with van der Waals surface area (Å²) in [5, 5.41) is 3.73. The number of nitrogens with one attached hydrogen (secondary N) is 1. The van der Waals surface area contributed by atoms with Crippen LogP contribution in [0.25, 0.3) is 0 Å². The minimum atomic E-state index is 0.137. The average Bonchev–Trinajstić information content (AvgIpc) is 3.07. The summed E-state index contributed by atoms with van der Waals surface area (Å²) in [4.78, 5) is 2.65. The van der Waals surface area contributed by atoms with Crippen LogP contribution in [0.2, 0.25) is 0 Å². The zero-order valence-electron chi connectivity index (χ0n) is 11.1. The topological polar surface area (TPSA) is 24.5 Å². The number of nitrogens with zero attached hydrogens (tertiary/aromatic N) is 1. The van der Waals surface area contributed by atoms with Gasteiger partial charge in [-0.25, -0.2) is 0 Å². The van der Waals surface area contributed by atoms with Gasteiger partial charge in [-0.05, 0) is 58.0 Å². The highest BCUT2D eigenvalue weighted by molar-refractivity contribution is 4.92. The number of hydrogen-bond acceptors (Lipinski definition) is 3. The van der Waals surface area contributed by atoms with Gasteiger partial charge in [0.15, 0.2) is 0 Å². The largest absolute Gasteiger partial charge is 0.374 e. The molecule has 1 saturated carbocycles. The Morgan fingerprint density at radius 3 is 2.94 bits per heavy atom. The molecular weight excluding hydrogens is 212 g/mol. The van der Waals surface area contributed by atoms with Crippen LogP contribution in [-0.4, -0.2) is 49.3 Å². The van der Waals surface area contributed by atoms with Crippen LogP contribution < -0.4 is 5.32 Å². The summed E-state index contributed by atoms with van der Waals surface area (Å²) in [6.45, 7) is 8.09. The summed E-state index contributed by atoms with van der Waals surface area (Å²) >= 11 is 0. The lowest BCUT2D eigenvalue weighted by Gasteiger charge is -2.32. The van der Waals surface area contributed by atoms with Crippen molar-refractivity contribution in [3.05, 3.63) is 0 Å². The smallest absolute Gasteiger partial charge is 0.0781 e. The van der Waals surface area contributed by atoms with E-state index in [1.165, 1.54) is 51.7 Å². The molecule has 2 atom stereocenters. The molecule has 2 saturated heterocycles. The molecule has 0 bridgehead atoms. The Hall–Kier alpha value is -0.120. The van der Waals surface area contributed by atoms with E-state index in [4.69, 9.17) is 4.74 Å². The van der Waals surface area contributed by atoms with E-state index in [1.807, 2.05) is 0 Å². The molecule has 3 nitrogen and oxygen atoms in total. The van der Waals surface area contributed by atoms with Crippen molar-refractivity contribution in [1.82, 2.24) is 10.2 Å². The van der Waals surface area contributed by atoms with Crippen molar-refractivity contribution in [2.45, 2.75) is 50.7 Å². The predicted molar refractivity (Wildman–Crippen MR) is 69.2 cm³/mol. The van der Waals surface area contributed by atoms with Crippen LogP contribution >= 0.6 is 0 Å². The fourth-order valence-electron chi connectivity index (χ4n) is 3.42. The number of rotatable bonds is 3. The zero-order valence-corrected chi connectivity index (χ0v) is 11.1. The maximum absolute atomic E-state index is 5.93. The third kappa shape index (κ3) is 3.01. The molecule has 0 aromatic carbocycles. The molecule has 0 aromatic rings. The molecule has 0 radical (unpaired) electrons. The Morgan fingerprint density at radius 1 is 1.35 bits per heavy atom. The molecular formula is C14H26N2O. The van der Waals surface area contributed by atoms with E-state index >= 15 is 0 Å². The van der Waals surface area contributed by atoms with Gasteiger partial charge in [0.2, 0.25) is 0 Å². The first kappa shape index (κ1) is 11.9. The molecule has 0 spiro atoms. The van der Waals surface area contributed by atoms with Crippen LogP contribution in [-0.2, 0) is 4.74 Å². The lowest BCUT2D eigenvalue weighted by atomic mass is 10.0. The standard InChI is InChI=1S/C14H26N2O/c1-14(6-2-9-17-14)11-16-8-3-7-15-13(10-16)12-4-5-12/h12-13,15H,2-11H2,1H3. The zero-order chi connectivity index (χ0) is 11.7. The Balaban J connectivity index is 1.57. The fourth-order valence-corrected chi connectivity index (χ4v) is 3.42. The van der Waals surface area contributed by atoms with E-state index in [2.05, 4.69) is 17.1 Å². The molecule has 0 amide bonds. The van der Waals surface area contributed by atoms with Gasteiger partial charge < -0.3 is 10.1 Å². The SMILES string of the molecule is CC1(CN2CCCNC(C3CC3)C2)CCCO1. The second-order valence-corrected chi connectivity index (χ2v) is 6.39. The van der Waals surface area contributed by atoms with Crippen molar-refractivity contribution in [1.29, 1.82) is 0 Å². The van der Waals surface area contributed by atoms with Crippen LogP contribution in [0.1, 0.15) is 39.0 Å². The van der Waals surface area contributed by atoms with Crippen molar-refractivity contribution in [3.63, 3.8) is 0 Å². The average molecular weight is 238 g/mol. The van der Waals surface area contributed by atoms with E-state index in [0.29, 0.717) is 0 Å². The molecule has 1 aliphatic carbocycles. The monoisotopic (exact) mass is 238 g/mol. The van der Waals surface area contributed by atoms with Gasteiger partial charge in [0.05, 0.1) is 5.60 Å². The fraction of sp³-hybridized carbons (Fsp3) is 1.00. The molecule has 3 fully saturated rings. The van der Waals surface area contributed by atoms with Gasteiger partial charge in [0.25, 0.3) is 0 Å². The van der Waals surface area contributed by atoms with Crippen molar-refractivity contribution in [2.75, 3.05) is 32.8 Å². The highest BCUT2D eigenvalue weighted by Crippen LogP contribution is 2.34. The third-order valence-electron chi connectivity index (χ3n) is 4.56. The van der Waals surface area contributed by atoms with E-state index in [-0.39, 0.29) is 5.60 Å². The van der Waals surface area contributed by atoms with Gasteiger partial charge in [-0.1, -0.05) is 0 Å². The second-order valence-electron chi connectivity index (χ2n) is 6.39. The Kier molecular flexibility index (Phi) is 3.42. The lowest BCUT2D eigenvalue weighted by Crippen LogP contribution is -2.45. The summed E-state index contributed by atoms with van der Waals surface area (Å²) in [6.07, 6.45) is 6.66. The first-order chi connectivity index (χ1) is 8.25. The van der Waals surface area contributed by atoms with Crippen molar-refractivity contribution in [3.8, 4) is 0 Å². The summed E-state index contributed by atoms with van der Waals surface area (Å²) < 4.78 is 5.93. The molecule has 3 rings (SSSR count). The van der Waals surface area contributed by atoms with Crippen LogP contribution in [0.5, 0.6) is 0 Å². The summed E-state index contributed by atoms with van der Waals surface area (Å²) in [6, 6.07) is 0.752. The molecule has 3 heteroatoms. The maximum Gasteiger partial charge on any atom is 0.0781 e. The Morgan fingerprint density at radius 2 is 2.24 bits per heavy atom. The van der Waals surface area contributed by atoms with Crippen molar-refractivity contribution in [2.24, 2.45) is 5.92 Å². The van der Waals surface area contributed by atoms with Gasteiger partial charge in [-0.15, -0.1) is 0 Å². The first-order valence-corrected chi connectivity index (χ1v) is 7.35. The second kappa shape index (κ2) is 4.87. The van der Waals surface area contributed by atoms with E-state index < -0.39 is 0 Å². The van der Waals surface area contributed by atoms with E-state index in [1.54, 1.807) is 0 Å². The maximum atomic E-state index is 5.93. The molecule has 1 N–H and O–H groups in total. The van der Waals surface area contributed by atoms with Crippen LogP contribution in [0, 0.1) is 5.92 Å². The number of ether oxygens (including phenoxy) is 1. The molecule has 3 aliphatic rings. The van der Waals surface area contributed by atoms with Crippen LogP contribution in [0.4, 0.5) is 0 Å². The lowest BCUT2D eigenvalue weighted by molar-refractivity contribution is -0.00943. The van der Waals surface area contributed by atoms with Gasteiger partial charge >= 0.3 is 0 Å². The quantitative estimate of drug-likeness (QED) is 0.809. The summed E-state index contributed by atoms with van der Waals surface area (Å²) in [7, 11) is 0. The molecule has 2 aliphatic heterocycles. The summed E-state index contributed by atoms with van der Waals surface area (Å²) in [5.74, 6) is 0.966. The van der Waals surface area contributed by atoms with E-state index in [0.717, 1.165) is 25.1 Å². The van der Waals surface area contributed by atoms with Crippen molar-refractivity contribution >= 4 is 0 Å². The van der Waals surface area contributed by atoms with Crippen LogP contribution in [0.3, 0.4) is 0 Å². The number of hydrogen-bond donors (Lipinski definition) is 1. The molecule has 0 aromatic heterocycles. The summed E-state index contributed by atoms with van der Waals surface area (Å²) in [5.41, 5.74) is 0.137. The van der Waals surface area contributed by atoms with Crippen LogP contribution in [0.15, 0.2) is 0 Å². The molecule has 2 heterocycles. The van der Waals surface area contributed by atoms with E-state index in [9.17, 15) is 0 Å². The van der Waals surface area contributed by atoms with Gasteiger partial charge in [0, 0.05) is 25.7 Å². The minimum Gasteiger partial charge on any atom is -0.374 e. The third-order valence-corrected chi connectivity index (χ3v) is 4.56. The normalized spacial score (nSPS) is 40.4. The predicted octanol–water partition coefficient (Wildman–Crippen LogP) is 1.63.